The van der Waals surface area contributed by atoms with Gasteiger partial charge in [-0.2, -0.15) is 0 Å². The van der Waals surface area contributed by atoms with Gasteiger partial charge in [0.1, 0.15) is 5.82 Å². The number of likely N-dealkylation sites (N-methyl/N-ethyl adjacent to an activating group) is 1. The minimum atomic E-state index is -0.274. The molecule has 1 aliphatic carbocycles. The first kappa shape index (κ1) is 12.3. The Bertz CT molecular complexity index is 582. The van der Waals surface area contributed by atoms with Gasteiger partial charge in [-0.1, -0.05) is 24.3 Å². The van der Waals surface area contributed by atoms with E-state index >= 15 is 0 Å². The zero-order chi connectivity index (χ0) is 13.2. The standard InChI is InChI=1S/C16H17FN2/c1-18-16(12-8-13(17)10-19-9-12)15-7-6-11-4-2-3-5-14(11)15/h2-5,8-10,15-16,18H,6-7H2,1H3. The number of nitrogens with one attached hydrogen (secondary N) is 1. The highest BCUT2D eigenvalue weighted by molar-refractivity contribution is 5.37. The molecule has 2 nitrogen and oxygen atoms in total. The van der Waals surface area contributed by atoms with Crippen LogP contribution in [-0.4, -0.2) is 12.0 Å². The fourth-order valence-electron chi connectivity index (χ4n) is 3.13. The minimum absolute atomic E-state index is 0.117. The Hall–Kier alpha value is -1.74. The summed E-state index contributed by atoms with van der Waals surface area (Å²) in [6.07, 6.45) is 5.20. The zero-order valence-corrected chi connectivity index (χ0v) is 10.9. The molecule has 1 aromatic carbocycles. The number of rotatable bonds is 3. The van der Waals surface area contributed by atoms with Crippen LogP contribution in [0.1, 0.15) is 35.1 Å². The fourth-order valence-corrected chi connectivity index (χ4v) is 3.13. The summed E-state index contributed by atoms with van der Waals surface area (Å²) < 4.78 is 13.4. The molecule has 3 rings (SSSR count). The van der Waals surface area contributed by atoms with Crippen molar-refractivity contribution in [3.63, 3.8) is 0 Å². The molecule has 98 valence electrons. The van der Waals surface area contributed by atoms with Crippen LogP contribution in [0.2, 0.25) is 0 Å². The second-order valence-corrected chi connectivity index (χ2v) is 5.05. The normalized spacial score (nSPS) is 19.2. The molecule has 1 aliphatic rings. The Labute approximate surface area is 112 Å². The lowest BCUT2D eigenvalue weighted by Crippen LogP contribution is -2.23. The van der Waals surface area contributed by atoms with E-state index in [1.54, 1.807) is 12.3 Å². The van der Waals surface area contributed by atoms with Gasteiger partial charge >= 0.3 is 0 Å². The van der Waals surface area contributed by atoms with Gasteiger partial charge in [0.15, 0.2) is 0 Å². The highest BCUT2D eigenvalue weighted by Gasteiger charge is 2.29. The largest absolute Gasteiger partial charge is 0.312 e. The maximum absolute atomic E-state index is 13.4. The van der Waals surface area contributed by atoms with Gasteiger partial charge in [-0.15, -0.1) is 0 Å². The van der Waals surface area contributed by atoms with Crippen molar-refractivity contribution < 1.29 is 4.39 Å². The first-order chi connectivity index (χ1) is 9.29. The number of pyridine rings is 1. The van der Waals surface area contributed by atoms with Crippen molar-refractivity contribution in [2.24, 2.45) is 0 Å². The molecular weight excluding hydrogens is 239 g/mol. The molecule has 0 saturated heterocycles. The maximum atomic E-state index is 13.4. The van der Waals surface area contributed by atoms with Crippen molar-refractivity contribution in [3.05, 3.63) is 65.2 Å². The van der Waals surface area contributed by atoms with Gasteiger partial charge in [0.05, 0.1) is 6.20 Å². The van der Waals surface area contributed by atoms with E-state index in [0.29, 0.717) is 5.92 Å². The third kappa shape index (κ3) is 2.26. The molecule has 0 aliphatic heterocycles. The lowest BCUT2D eigenvalue weighted by Gasteiger charge is -2.24. The van der Waals surface area contributed by atoms with Gasteiger partial charge in [-0.25, -0.2) is 4.39 Å². The average molecular weight is 256 g/mol. The summed E-state index contributed by atoms with van der Waals surface area (Å²) in [5.41, 5.74) is 3.72. The lowest BCUT2D eigenvalue weighted by molar-refractivity contribution is 0.472. The third-order valence-corrected chi connectivity index (χ3v) is 3.98. The summed E-state index contributed by atoms with van der Waals surface area (Å²) in [4.78, 5) is 3.97. The molecule has 19 heavy (non-hydrogen) atoms. The summed E-state index contributed by atoms with van der Waals surface area (Å²) in [6.45, 7) is 0. The monoisotopic (exact) mass is 256 g/mol. The van der Waals surface area contributed by atoms with E-state index in [0.717, 1.165) is 18.4 Å². The predicted octanol–water partition coefficient (Wildman–Crippen LogP) is 3.21. The Morgan fingerprint density at radius 3 is 2.95 bits per heavy atom. The lowest BCUT2D eigenvalue weighted by atomic mass is 9.89. The number of hydrogen-bond donors (Lipinski definition) is 1. The molecule has 0 bridgehead atoms. The highest BCUT2D eigenvalue weighted by Crippen LogP contribution is 2.41. The third-order valence-electron chi connectivity index (χ3n) is 3.98. The first-order valence-electron chi connectivity index (χ1n) is 6.65. The van der Waals surface area contributed by atoms with Crippen LogP contribution in [-0.2, 0) is 6.42 Å². The molecule has 0 amide bonds. The molecule has 1 N–H and O–H groups in total. The molecule has 2 aromatic rings. The molecule has 3 heteroatoms. The van der Waals surface area contributed by atoms with Crippen LogP contribution in [0.3, 0.4) is 0 Å². The van der Waals surface area contributed by atoms with Crippen molar-refractivity contribution >= 4 is 0 Å². The number of aryl methyl sites for hydroxylation is 1. The predicted molar refractivity (Wildman–Crippen MR) is 73.5 cm³/mol. The Morgan fingerprint density at radius 2 is 2.16 bits per heavy atom. The van der Waals surface area contributed by atoms with Crippen molar-refractivity contribution in [2.75, 3.05) is 7.05 Å². The fraction of sp³-hybridized carbons (Fsp3) is 0.312. The van der Waals surface area contributed by atoms with Crippen LogP contribution < -0.4 is 5.32 Å². The van der Waals surface area contributed by atoms with Gasteiger partial charge in [0.2, 0.25) is 0 Å². The highest BCUT2D eigenvalue weighted by atomic mass is 19.1. The molecule has 0 radical (unpaired) electrons. The van der Waals surface area contributed by atoms with Gasteiger partial charge < -0.3 is 5.32 Å². The molecule has 1 heterocycles. The minimum Gasteiger partial charge on any atom is -0.312 e. The van der Waals surface area contributed by atoms with Gasteiger partial charge in [0.25, 0.3) is 0 Å². The molecule has 1 aromatic heterocycles. The van der Waals surface area contributed by atoms with Crippen LogP contribution in [0, 0.1) is 5.82 Å². The van der Waals surface area contributed by atoms with E-state index in [-0.39, 0.29) is 11.9 Å². The van der Waals surface area contributed by atoms with E-state index < -0.39 is 0 Å². The number of nitrogens with zero attached hydrogens (tertiary/aromatic N) is 1. The van der Waals surface area contributed by atoms with Crippen LogP contribution in [0.4, 0.5) is 4.39 Å². The Morgan fingerprint density at radius 1 is 1.32 bits per heavy atom. The second kappa shape index (κ2) is 5.10. The summed E-state index contributed by atoms with van der Waals surface area (Å²) in [7, 11) is 1.93. The summed E-state index contributed by atoms with van der Waals surface area (Å²) in [5.74, 6) is 0.119. The average Bonchev–Trinajstić information content (AvgIpc) is 2.84. The SMILES string of the molecule is CNC(c1cncc(F)c1)C1CCc2ccccc21. The first-order valence-corrected chi connectivity index (χ1v) is 6.65. The topological polar surface area (TPSA) is 24.9 Å². The maximum Gasteiger partial charge on any atom is 0.141 e. The number of halogens is 1. The van der Waals surface area contributed by atoms with E-state index in [1.165, 1.54) is 17.3 Å². The number of fused-ring (bicyclic) bond motifs is 1. The number of benzene rings is 1. The van der Waals surface area contributed by atoms with Gasteiger partial charge in [-0.3, -0.25) is 4.98 Å². The van der Waals surface area contributed by atoms with Crippen LogP contribution in [0.25, 0.3) is 0 Å². The molecule has 0 spiro atoms. The number of aromatic nitrogens is 1. The molecule has 0 saturated carbocycles. The second-order valence-electron chi connectivity index (χ2n) is 5.05. The van der Waals surface area contributed by atoms with Crippen molar-refractivity contribution in [3.8, 4) is 0 Å². The van der Waals surface area contributed by atoms with Gasteiger partial charge in [-0.05, 0) is 42.6 Å². The van der Waals surface area contributed by atoms with Crippen molar-refractivity contribution in [1.82, 2.24) is 10.3 Å². The van der Waals surface area contributed by atoms with E-state index in [9.17, 15) is 4.39 Å². The smallest absolute Gasteiger partial charge is 0.141 e. The van der Waals surface area contributed by atoms with Gasteiger partial charge in [0, 0.05) is 18.2 Å². The van der Waals surface area contributed by atoms with Crippen LogP contribution >= 0.6 is 0 Å². The van der Waals surface area contributed by atoms with E-state index in [4.69, 9.17) is 0 Å². The van der Waals surface area contributed by atoms with E-state index in [2.05, 4.69) is 34.6 Å². The van der Waals surface area contributed by atoms with E-state index in [1.807, 2.05) is 7.05 Å². The summed E-state index contributed by atoms with van der Waals surface area (Å²) in [5, 5.41) is 3.32. The van der Waals surface area contributed by atoms with Crippen molar-refractivity contribution in [2.45, 2.75) is 24.8 Å². The quantitative estimate of drug-likeness (QED) is 0.912. The zero-order valence-electron chi connectivity index (χ0n) is 10.9. The number of hydrogen-bond acceptors (Lipinski definition) is 2. The molecule has 2 unspecified atom stereocenters. The van der Waals surface area contributed by atoms with Crippen LogP contribution in [0.15, 0.2) is 42.7 Å². The summed E-state index contributed by atoms with van der Waals surface area (Å²) in [6, 6.07) is 10.2. The van der Waals surface area contributed by atoms with Crippen molar-refractivity contribution in [1.29, 1.82) is 0 Å². The summed E-state index contributed by atoms with van der Waals surface area (Å²) >= 11 is 0. The molecular formula is C16H17FN2. The Balaban J connectivity index is 1.96. The molecule has 0 fully saturated rings. The van der Waals surface area contributed by atoms with Crippen LogP contribution in [0.5, 0.6) is 0 Å². The Kier molecular flexibility index (Phi) is 3.30. The molecule has 2 atom stereocenters.